The Morgan fingerprint density at radius 2 is 2.23 bits per heavy atom. The van der Waals surface area contributed by atoms with Gasteiger partial charge in [-0.05, 0) is 19.3 Å². The first-order chi connectivity index (χ1) is 6.19. The van der Waals surface area contributed by atoms with Gasteiger partial charge in [-0.15, -0.1) is 6.58 Å². The van der Waals surface area contributed by atoms with Crippen LogP contribution in [0.2, 0.25) is 0 Å². The summed E-state index contributed by atoms with van der Waals surface area (Å²) < 4.78 is 0. The van der Waals surface area contributed by atoms with Gasteiger partial charge in [-0.3, -0.25) is 4.79 Å². The molecule has 0 fully saturated rings. The zero-order chi connectivity index (χ0) is 9.73. The molecule has 1 N–H and O–H groups in total. The molecule has 0 radical (unpaired) electrons. The predicted octanol–water partition coefficient (Wildman–Crippen LogP) is 1.99. The SMILES string of the molecule is C=CC[C@@]1(O)CCC=CCCC1=O. The van der Waals surface area contributed by atoms with Gasteiger partial charge in [0.1, 0.15) is 5.60 Å². The summed E-state index contributed by atoms with van der Waals surface area (Å²) in [5, 5.41) is 9.99. The van der Waals surface area contributed by atoms with Gasteiger partial charge in [0.2, 0.25) is 0 Å². The molecule has 2 heteroatoms. The predicted molar refractivity (Wildman–Crippen MR) is 52.4 cm³/mol. The maximum atomic E-state index is 11.5. The Balaban J connectivity index is 2.73. The third kappa shape index (κ3) is 2.52. The van der Waals surface area contributed by atoms with Crippen molar-refractivity contribution in [2.24, 2.45) is 0 Å². The van der Waals surface area contributed by atoms with E-state index < -0.39 is 5.60 Å². The third-order valence-electron chi connectivity index (χ3n) is 2.43. The van der Waals surface area contributed by atoms with Crippen molar-refractivity contribution in [2.75, 3.05) is 0 Å². The molecule has 0 aromatic carbocycles. The fraction of sp³-hybridized carbons (Fsp3) is 0.545. The first-order valence-corrected chi connectivity index (χ1v) is 4.70. The highest BCUT2D eigenvalue weighted by atomic mass is 16.3. The maximum Gasteiger partial charge on any atom is 0.164 e. The summed E-state index contributed by atoms with van der Waals surface area (Å²) in [7, 11) is 0. The average Bonchev–Trinajstić information content (AvgIpc) is 2.09. The molecule has 0 amide bonds. The largest absolute Gasteiger partial charge is 0.382 e. The molecule has 0 aliphatic heterocycles. The van der Waals surface area contributed by atoms with Crippen LogP contribution in [0, 0.1) is 0 Å². The van der Waals surface area contributed by atoms with Crippen molar-refractivity contribution in [3.63, 3.8) is 0 Å². The van der Waals surface area contributed by atoms with Crippen LogP contribution >= 0.6 is 0 Å². The average molecular weight is 180 g/mol. The lowest BCUT2D eigenvalue weighted by Gasteiger charge is -2.25. The zero-order valence-corrected chi connectivity index (χ0v) is 7.83. The molecule has 0 saturated carbocycles. The molecule has 0 aromatic heterocycles. The van der Waals surface area contributed by atoms with E-state index in [0.29, 0.717) is 19.3 Å². The van der Waals surface area contributed by atoms with Crippen molar-refractivity contribution in [1.29, 1.82) is 0 Å². The van der Waals surface area contributed by atoms with E-state index >= 15 is 0 Å². The van der Waals surface area contributed by atoms with Gasteiger partial charge in [-0.1, -0.05) is 18.2 Å². The molecule has 0 heterocycles. The minimum atomic E-state index is -1.15. The monoisotopic (exact) mass is 180 g/mol. The molecule has 0 spiro atoms. The molecule has 13 heavy (non-hydrogen) atoms. The van der Waals surface area contributed by atoms with Crippen molar-refractivity contribution >= 4 is 5.78 Å². The number of carbonyl (C=O) groups excluding carboxylic acids is 1. The van der Waals surface area contributed by atoms with E-state index in [1.807, 2.05) is 12.2 Å². The van der Waals surface area contributed by atoms with Gasteiger partial charge < -0.3 is 5.11 Å². The molecule has 1 atom stereocenters. The topological polar surface area (TPSA) is 37.3 Å². The molecule has 0 bridgehead atoms. The second-order valence-electron chi connectivity index (χ2n) is 3.50. The Morgan fingerprint density at radius 3 is 2.92 bits per heavy atom. The highest BCUT2D eigenvalue weighted by Crippen LogP contribution is 2.23. The maximum absolute atomic E-state index is 11.5. The zero-order valence-electron chi connectivity index (χ0n) is 7.83. The van der Waals surface area contributed by atoms with Crippen molar-refractivity contribution in [2.45, 2.75) is 37.7 Å². The summed E-state index contributed by atoms with van der Waals surface area (Å²) in [5.74, 6) is -0.0447. The van der Waals surface area contributed by atoms with Crippen molar-refractivity contribution in [1.82, 2.24) is 0 Å². The second-order valence-corrected chi connectivity index (χ2v) is 3.50. The lowest BCUT2D eigenvalue weighted by molar-refractivity contribution is -0.137. The van der Waals surface area contributed by atoms with E-state index in [1.165, 1.54) is 0 Å². The Hall–Kier alpha value is -0.890. The number of hydrogen-bond acceptors (Lipinski definition) is 2. The second kappa shape index (κ2) is 4.38. The van der Waals surface area contributed by atoms with Crippen molar-refractivity contribution < 1.29 is 9.90 Å². The fourth-order valence-corrected chi connectivity index (χ4v) is 1.60. The first-order valence-electron chi connectivity index (χ1n) is 4.70. The van der Waals surface area contributed by atoms with E-state index in [0.717, 1.165) is 12.8 Å². The Bertz CT molecular complexity index is 230. The number of allylic oxidation sites excluding steroid dienone is 2. The van der Waals surface area contributed by atoms with Crippen LogP contribution < -0.4 is 0 Å². The van der Waals surface area contributed by atoms with Gasteiger partial charge in [0.05, 0.1) is 0 Å². The number of aliphatic hydroxyl groups is 1. The lowest BCUT2D eigenvalue weighted by Crippen LogP contribution is -2.38. The molecule has 1 aliphatic carbocycles. The fourth-order valence-electron chi connectivity index (χ4n) is 1.60. The minimum absolute atomic E-state index is 0.0447. The quantitative estimate of drug-likeness (QED) is 0.660. The van der Waals surface area contributed by atoms with Crippen molar-refractivity contribution in [3.8, 4) is 0 Å². The van der Waals surface area contributed by atoms with Crippen LogP contribution in [0.3, 0.4) is 0 Å². The Kier molecular flexibility index (Phi) is 3.43. The summed E-state index contributed by atoms with van der Waals surface area (Å²) in [6.45, 7) is 3.56. The molecule has 0 aromatic rings. The Morgan fingerprint density at radius 1 is 1.54 bits per heavy atom. The van der Waals surface area contributed by atoms with Gasteiger partial charge in [0.15, 0.2) is 5.78 Å². The lowest BCUT2D eigenvalue weighted by atomic mass is 9.85. The third-order valence-corrected chi connectivity index (χ3v) is 2.43. The van der Waals surface area contributed by atoms with E-state index in [9.17, 15) is 9.90 Å². The number of Topliss-reactive ketones (excluding diaryl/α,β-unsaturated/α-hetero) is 1. The molecule has 72 valence electrons. The Labute approximate surface area is 79.0 Å². The molecule has 2 nitrogen and oxygen atoms in total. The molecule has 1 aliphatic rings. The van der Waals surface area contributed by atoms with E-state index in [4.69, 9.17) is 0 Å². The van der Waals surface area contributed by atoms with E-state index in [2.05, 4.69) is 6.58 Å². The standard InChI is InChI=1S/C11H16O2/c1-2-8-11(13)9-6-4-3-5-7-10(11)12/h2-4,13H,1,5-9H2/t11-/m1/s1. The van der Waals surface area contributed by atoms with Crippen LogP contribution in [-0.2, 0) is 4.79 Å². The summed E-state index contributed by atoms with van der Waals surface area (Å²) in [4.78, 5) is 11.5. The highest BCUT2D eigenvalue weighted by Gasteiger charge is 2.32. The molecule has 0 saturated heterocycles. The van der Waals surface area contributed by atoms with Crippen LogP contribution in [0.1, 0.15) is 32.1 Å². The summed E-state index contributed by atoms with van der Waals surface area (Å²) in [6.07, 6.45) is 8.51. The van der Waals surface area contributed by atoms with Gasteiger partial charge in [-0.2, -0.15) is 0 Å². The summed E-state index contributed by atoms with van der Waals surface area (Å²) in [5.41, 5.74) is -1.15. The van der Waals surface area contributed by atoms with Crippen LogP contribution in [0.5, 0.6) is 0 Å². The van der Waals surface area contributed by atoms with Gasteiger partial charge in [0.25, 0.3) is 0 Å². The smallest absolute Gasteiger partial charge is 0.164 e. The molecule has 1 rings (SSSR count). The number of rotatable bonds is 2. The first kappa shape index (κ1) is 10.2. The summed E-state index contributed by atoms with van der Waals surface area (Å²) in [6, 6.07) is 0. The minimum Gasteiger partial charge on any atom is -0.382 e. The molecular weight excluding hydrogens is 164 g/mol. The van der Waals surface area contributed by atoms with Gasteiger partial charge >= 0.3 is 0 Å². The van der Waals surface area contributed by atoms with Gasteiger partial charge in [-0.25, -0.2) is 0 Å². The normalized spacial score (nSPS) is 29.5. The summed E-state index contributed by atoms with van der Waals surface area (Å²) >= 11 is 0. The number of carbonyl (C=O) groups is 1. The van der Waals surface area contributed by atoms with Crippen LogP contribution in [0.25, 0.3) is 0 Å². The van der Waals surface area contributed by atoms with E-state index in [-0.39, 0.29) is 5.78 Å². The molecule has 0 unspecified atom stereocenters. The van der Waals surface area contributed by atoms with Crippen LogP contribution in [0.15, 0.2) is 24.8 Å². The number of hydrogen-bond donors (Lipinski definition) is 1. The van der Waals surface area contributed by atoms with Gasteiger partial charge in [0, 0.05) is 12.8 Å². The van der Waals surface area contributed by atoms with E-state index in [1.54, 1.807) is 6.08 Å². The number of ketones is 1. The van der Waals surface area contributed by atoms with Crippen LogP contribution in [-0.4, -0.2) is 16.5 Å². The molecular formula is C11H16O2. The highest BCUT2D eigenvalue weighted by molar-refractivity contribution is 5.87. The van der Waals surface area contributed by atoms with Crippen molar-refractivity contribution in [3.05, 3.63) is 24.8 Å². The van der Waals surface area contributed by atoms with Crippen LogP contribution in [0.4, 0.5) is 0 Å².